The van der Waals surface area contributed by atoms with Crippen LogP contribution in [0.25, 0.3) is 0 Å². The fraction of sp³-hybridized carbons (Fsp3) is 0.417. The summed E-state index contributed by atoms with van der Waals surface area (Å²) < 4.78 is 26.3. The molecule has 18 heavy (non-hydrogen) atoms. The molecule has 98 valence electrons. The number of benzene rings is 1. The minimum absolute atomic E-state index is 0.131. The first-order valence-electron chi connectivity index (χ1n) is 5.62. The molecule has 0 radical (unpaired) electrons. The number of hydrogen-bond acceptors (Lipinski definition) is 3. The molecule has 6 heteroatoms. The summed E-state index contributed by atoms with van der Waals surface area (Å²) in [5.74, 6) is -0.137. The molecule has 1 aliphatic rings. The SMILES string of the molecule is CC1CC1C(=O)N(C)S(=O)(=O)c1ccc(I)cc1. The molecule has 1 fully saturated rings. The molecule has 2 rings (SSSR count). The molecule has 0 N–H and O–H groups in total. The lowest BCUT2D eigenvalue weighted by Crippen LogP contribution is -2.34. The largest absolute Gasteiger partial charge is 0.273 e. The highest BCUT2D eigenvalue weighted by Crippen LogP contribution is 2.39. The van der Waals surface area contributed by atoms with Crippen LogP contribution in [0, 0.1) is 15.4 Å². The van der Waals surface area contributed by atoms with Crippen LogP contribution in [0.3, 0.4) is 0 Å². The average Bonchev–Trinajstić information content (AvgIpc) is 3.05. The van der Waals surface area contributed by atoms with Gasteiger partial charge >= 0.3 is 0 Å². The zero-order chi connectivity index (χ0) is 13.5. The Bertz CT molecular complexity index is 567. The fourth-order valence-corrected chi connectivity index (χ4v) is 3.31. The summed E-state index contributed by atoms with van der Waals surface area (Å²) in [7, 11) is -2.37. The monoisotopic (exact) mass is 379 g/mol. The van der Waals surface area contributed by atoms with Gasteiger partial charge in [-0.05, 0) is 59.2 Å². The molecule has 1 aromatic carbocycles. The first-order chi connectivity index (χ1) is 8.34. The van der Waals surface area contributed by atoms with Gasteiger partial charge in [-0.3, -0.25) is 4.79 Å². The maximum Gasteiger partial charge on any atom is 0.266 e. The lowest BCUT2D eigenvalue weighted by atomic mass is 10.3. The Balaban J connectivity index is 2.25. The second-order valence-electron chi connectivity index (χ2n) is 4.58. The van der Waals surface area contributed by atoms with Crippen LogP contribution >= 0.6 is 22.6 Å². The number of rotatable bonds is 3. The quantitative estimate of drug-likeness (QED) is 0.756. The second-order valence-corrected chi connectivity index (χ2v) is 7.80. The third-order valence-electron chi connectivity index (χ3n) is 3.21. The van der Waals surface area contributed by atoms with E-state index in [1.54, 1.807) is 12.1 Å². The zero-order valence-electron chi connectivity index (χ0n) is 10.1. The third kappa shape index (κ3) is 2.54. The summed E-state index contributed by atoms with van der Waals surface area (Å²) in [5.41, 5.74) is 0. The Hall–Kier alpha value is -0.630. The van der Waals surface area contributed by atoms with Crippen molar-refractivity contribution in [2.45, 2.75) is 18.2 Å². The van der Waals surface area contributed by atoms with Crippen LogP contribution in [0.4, 0.5) is 0 Å². The van der Waals surface area contributed by atoms with Gasteiger partial charge in [-0.15, -0.1) is 0 Å². The molecule has 1 aliphatic carbocycles. The van der Waals surface area contributed by atoms with Crippen LogP contribution < -0.4 is 0 Å². The molecule has 2 atom stereocenters. The van der Waals surface area contributed by atoms with Gasteiger partial charge < -0.3 is 0 Å². The number of nitrogens with zero attached hydrogens (tertiary/aromatic N) is 1. The number of sulfonamides is 1. The molecule has 0 saturated heterocycles. The molecule has 0 spiro atoms. The van der Waals surface area contributed by atoms with Gasteiger partial charge in [-0.25, -0.2) is 12.7 Å². The van der Waals surface area contributed by atoms with Crippen molar-refractivity contribution in [2.24, 2.45) is 11.8 Å². The van der Waals surface area contributed by atoms with E-state index in [9.17, 15) is 13.2 Å². The van der Waals surface area contributed by atoms with E-state index in [0.29, 0.717) is 5.92 Å². The van der Waals surface area contributed by atoms with Gasteiger partial charge in [0.15, 0.2) is 0 Å². The van der Waals surface area contributed by atoms with Crippen molar-refractivity contribution in [2.75, 3.05) is 7.05 Å². The first kappa shape index (κ1) is 13.8. The minimum Gasteiger partial charge on any atom is -0.273 e. The average molecular weight is 379 g/mol. The summed E-state index contributed by atoms with van der Waals surface area (Å²) >= 11 is 2.10. The smallest absolute Gasteiger partial charge is 0.266 e. The standard InChI is InChI=1S/C12H14INO3S/c1-8-7-11(8)12(15)14(2)18(16,17)10-5-3-9(13)4-6-10/h3-6,8,11H,7H2,1-2H3. The zero-order valence-corrected chi connectivity index (χ0v) is 13.1. The molecule has 1 saturated carbocycles. The summed E-state index contributed by atoms with van der Waals surface area (Å²) in [4.78, 5) is 12.1. The minimum atomic E-state index is -3.70. The van der Waals surface area contributed by atoms with Gasteiger partial charge in [0.2, 0.25) is 5.91 Å². The number of carbonyl (C=O) groups excluding carboxylic acids is 1. The van der Waals surface area contributed by atoms with E-state index in [-0.39, 0.29) is 16.7 Å². The van der Waals surface area contributed by atoms with E-state index >= 15 is 0 Å². The number of halogens is 1. The van der Waals surface area contributed by atoms with Gasteiger partial charge in [0.25, 0.3) is 10.0 Å². The van der Waals surface area contributed by atoms with E-state index in [1.807, 2.05) is 6.92 Å². The van der Waals surface area contributed by atoms with Crippen LogP contribution in [-0.4, -0.2) is 25.7 Å². The molecular formula is C12H14INO3S. The molecule has 4 nitrogen and oxygen atoms in total. The van der Waals surface area contributed by atoms with E-state index in [0.717, 1.165) is 14.3 Å². The van der Waals surface area contributed by atoms with Crippen molar-refractivity contribution < 1.29 is 13.2 Å². The Morgan fingerprint density at radius 2 is 1.83 bits per heavy atom. The lowest BCUT2D eigenvalue weighted by molar-refractivity contribution is -0.127. The third-order valence-corrected chi connectivity index (χ3v) is 5.70. The van der Waals surface area contributed by atoms with Gasteiger partial charge in [-0.2, -0.15) is 0 Å². The summed E-state index contributed by atoms with van der Waals surface area (Å²) in [6.07, 6.45) is 0.783. The van der Waals surface area contributed by atoms with E-state index in [1.165, 1.54) is 19.2 Å². The van der Waals surface area contributed by atoms with Gasteiger partial charge in [0.1, 0.15) is 0 Å². The molecule has 0 bridgehead atoms. The molecule has 0 aromatic heterocycles. The highest BCUT2D eigenvalue weighted by molar-refractivity contribution is 14.1. The fourth-order valence-electron chi connectivity index (χ4n) is 1.78. The van der Waals surface area contributed by atoms with Crippen molar-refractivity contribution in [1.82, 2.24) is 4.31 Å². The van der Waals surface area contributed by atoms with Crippen molar-refractivity contribution in [3.63, 3.8) is 0 Å². The Morgan fingerprint density at radius 3 is 2.28 bits per heavy atom. The summed E-state index contributed by atoms with van der Waals surface area (Å²) in [6.45, 7) is 1.95. The second kappa shape index (κ2) is 4.80. The van der Waals surface area contributed by atoms with Gasteiger partial charge in [0.05, 0.1) is 4.90 Å². The first-order valence-corrected chi connectivity index (χ1v) is 8.14. The van der Waals surface area contributed by atoms with Crippen LogP contribution in [0.15, 0.2) is 29.2 Å². The van der Waals surface area contributed by atoms with Crippen LogP contribution in [0.5, 0.6) is 0 Å². The van der Waals surface area contributed by atoms with Crippen molar-refractivity contribution in [3.8, 4) is 0 Å². The molecule has 1 aromatic rings. The molecular weight excluding hydrogens is 365 g/mol. The van der Waals surface area contributed by atoms with Crippen LogP contribution in [-0.2, 0) is 14.8 Å². The lowest BCUT2D eigenvalue weighted by Gasteiger charge is -2.17. The Kier molecular flexibility index (Phi) is 3.68. The molecule has 2 unspecified atom stereocenters. The maximum atomic E-state index is 12.2. The predicted octanol–water partition coefficient (Wildman–Crippen LogP) is 2.09. The topological polar surface area (TPSA) is 54.5 Å². The molecule has 0 aliphatic heterocycles. The Morgan fingerprint density at radius 1 is 1.33 bits per heavy atom. The van der Waals surface area contributed by atoms with Crippen LogP contribution in [0.2, 0.25) is 0 Å². The highest BCUT2D eigenvalue weighted by Gasteiger charge is 2.43. The van der Waals surface area contributed by atoms with E-state index in [2.05, 4.69) is 22.6 Å². The van der Waals surface area contributed by atoms with Gasteiger partial charge in [0, 0.05) is 16.5 Å². The summed E-state index contributed by atoms with van der Waals surface area (Å²) in [5, 5.41) is 0. The summed E-state index contributed by atoms with van der Waals surface area (Å²) in [6, 6.07) is 6.48. The van der Waals surface area contributed by atoms with Gasteiger partial charge in [-0.1, -0.05) is 6.92 Å². The normalized spacial score (nSPS) is 22.6. The number of hydrogen-bond donors (Lipinski definition) is 0. The highest BCUT2D eigenvalue weighted by atomic mass is 127. The van der Waals surface area contributed by atoms with Crippen molar-refractivity contribution in [3.05, 3.63) is 27.8 Å². The van der Waals surface area contributed by atoms with E-state index < -0.39 is 10.0 Å². The Labute approximate surface area is 121 Å². The van der Waals surface area contributed by atoms with Crippen LogP contribution in [0.1, 0.15) is 13.3 Å². The number of carbonyl (C=O) groups is 1. The van der Waals surface area contributed by atoms with Crippen molar-refractivity contribution in [1.29, 1.82) is 0 Å². The number of amides is 1. The van der Waals surface area contributed by atoms with E-state index in [4.69, 9.17) is 0 Å². The molecule has 1 amide bonds. The molecule has 0 heterocycles. The maximum absolute atomic E-state index is 12.2. The predicted molar refractivity (Wildman–Crippen MR) is 76.4 cm³/mol. The van der Waals surface area contributed by atoms with Crippen molar-refractivity contribution >= 4 is 38.5 Å².